The third-order valence-electron chi connectivity index (χ3n) is 3.35. The summed E-state index contributed by atoms with van der Waals surface area (Å²) in [6.45, 7) is 1.58. The molecule has 1 N–H and O–H groups in total. The van der Waals surface area contributed by atoms with E-state index in [1.54, 1.807) is 44.4 Å². The predicted octanol–water partition coefficient (Wildman–Crippen LogP) is 3.07. The molecule has 0 aliphatic heterocycles. The fourth-order valence-corrected chi connectivity index (χ4v) is 2.22. The van der Waals surface area contributed by atoms with Crippen LogP contribution in [0.4, 0.5) is 5.69 Å². The number of amides is 1. The molecule has 0 spiro atoms. The fourth-order valence-electron chi connectivity index (χ4n) is 2.22. The van der Waals surface area contributed by atoms with Gasteiger partial charge in [0.1, 0.15) is 0 Å². The van der Waals surface area contributed by atoms with Crippen molar-refractivity contribution in [2.75, 3.05) is 19.0 Å². The molecule has 0 saturated heterocycles. The number of ether oxygens (including phenoxy) is 2. The Kier molecular flexibility index (Phi) is 4.94. The second-order valence-corrected chi connectivity index (χ2v) is 5.19. The highest BCUT2D eigenvalue weighted by molar-refractivity contribution is 5.92. The zero-order valence-corrected chi connectivity index (χ0v) is 13.9. The Morgan fingerprint density at radius 3 is 2.64 bits per heavy atom. The van der Waals surface area contributed by atoms with Crippen molar-refractivity contribution < 1.29 is 18.7 Å². The molecule has 0 saturated carbocycles. The Bertz CT molecular complexity index is 876. The van der Waals surface area contributed by atoms with E-state index >= 15 is 0 Å². The lowest BCUT2D eigenvalue weighted by atomic mass is 10.2. The first kappa shape index (κ1) is 16.5. The number of aryl methyl sites for hydroxylation is 1. The van der Waals surface area contributed by atoms with Crippen molar-refractivity contribution in [3.63, 3.8) is 0 Å². The van der Waals surface area contributed by atoms with E-state index in [-0.39, 0.29) is 12.5 Å². The molecule has 0 aliphatic carbocycles. The van der Waals surface area contributed by atoms with E-state index in [1.807, 2.05) is 18.2 Å². The number of para-hydroxylation sites is 2. The number of benzene rings is 2. The molecule has 0 fully saturated rings. The van der Waals surface area contributed by atoms with Gasteiger partial charge in [-0.2, -0.15) is 0 Å². The summed E-state index contributed by atoms with van der Waals surface area (Å²) < 4.78 is 16.1. The quantitative estimate of drug-likeness (QED) is 0.743. The van der Waals surface area contributed by atoms with E-state index in [0.717, 1.165) is 5.56 Å². The maximum absolute atomic E-state index is 12.1. The van der Waals surface area contributed by atoms with Gasteiger partial charge in [0.05, 0.1) is 7.11 Å². The van der Waals surface area contributed by atoms with Gasteiger partial charge in [-0.15, -0.1) is 10.2 Å². The van der Waals surface area contributed by atoms with Gasteiger partial charge in [0.2, 0.25) is 11.8 Å². The number of nitrogens with zero attached hydrogens (tertiary/aromatic N) is 2. The number of nitrogens with one attached hydrogen (secondary N) is 1. The maximum atomic E-state index is 12.1. The largest absolute Gasteiger partial charge is 0.493 e. The number of carbonyl (C=O) groups is 1. The molecule has 0 unspecified atom stereocenters. The van der Waals surface area contributed by atoms with Crippen LogP contribution in [0.15, 0.2) is 52.9 Å². The van der Waals surface area contributed by atoms with Gasteiger partial charge in [-0.25, -0.2) is 0 Å². The molecule has 3 rings (SSSR count). The van der Waals surface area contributed by atoms with E-state index in [0.29, 0.717) is 29.0 Å². The van der Waals surface area contributed by atoms with Crippen LogP contribution in [0.3, 0.4) is 0 Å². The number of anilines is 1. The minimum absolute atomic E-state index is 0.135. The molecule has 1 heterocycles. The van der Waals surface area contributed by atoms with Gasteiger partial charge in [0.25, 0.3) is 5.91 Å². The van der Waals surface area contributed by atoms with Crippen LogP contribution in [0, 0.1) is 6.92 Å². The standard InChI is InChI=1S/C18H17N3O4/c1-12-20-21-18(25-12)13-6-5-7-14(10-13)19-17(22)11-24-16-9-4-3-8-15(16)23-2/h3-10H,11H2,1-2H3,(H,19,22). The van der Waals surface area contributed by atoms with Crippen molar-refractivity contribution in [3.05, 3.63) is 54.4 Å². The highest BCUT2D eigenvalue weighted by atomic mass is 16.5. The Balaban J connectivity index is 1.63. The summed E-state index contributed by atoms with van der Waals surface area (Å²) in [4.78, 5) is 12.1. The summed E-state index contributed by atoms with van der Waals surface area (Å²) in [7, 11) is 1.55. The second kappa shape index (κ2) is 7.48. The smallest absolute Gasteiger partial charge is 0.262 e. The SMILES string of the molecule is COc1ccccc1OCC(=O)Nc1cccc(-c2nnc(C)o2)c1. The average Bonchev–Trinajstić information content (AvgIpc) is 3.07. The summed E-state index contributed by atoms with van der Waals surface area (Å²) >= 11 is 0. The number of methoxy groups -OCH3 is 1. The summed E-state index contributed by atoms with van der Waals surface area (Å²) in [6.07, 6.45) is 0. The molecule has 7 nitrogen and oxygen atoms in total. The molecular formula is C18H17N3O4. The van der Waals surface area contributed by atoms with E-state index in [4.69, 9.17) is 13.9 Å². The molecule has 1 aromatic heterocycles. The number of hydrogen-bond donors (Lipinski definition) is 1. The predicted molar refractivity (Wildman–Crippen MR) is 91.6 cm³/mol. The van der Waals surface area contributed by atoms with Crippen LogP contribution in [0.1, 0.15) is 5.89 Å². The zero-order valence-electron chi connectivity index (χ0n) is 13.9. The van der Waals surface area contributed by atoms with Crippen LogP contribution >= 0.6 is 0 Å². The van der Waals surface area contributed by atoms with Gasteiger partial charge in [-0.3, -0.25) is 4.79 Å². The van der Waals surface area contributed by atoms with Crippen molar-refractivity contribution in [2.45, 2.75) is 6.92 Å². The van der Waals surface area contributed by atoms with E-state index < -0.39 is 0 Å². The summed E-state index contributed by atoms with van der Waals surface area (Å²) in [5, 5.41) is 10.5. The molecule has 7 heteroatoms. The molecule has 1 amide bonds. The van der Waals surface area contributed by atoms with Crippen molar-refractivity contribution in [1.29, 1.82) is 0 Å². The topological polar surface area (TPSA) is 86.5 Å². The van der Waals surface area contributed by atoms with Gasteiger partial charge in [-0.1, -0.05) is 18.2 Å². The number of hydrogen-bond acceptors (Lipinski definition) is 6. The van der Waals surface area contributed by atoms with Crippen molar-refractivity contribution in [3.8, 4) is 23.0 Å². The number of carbonyl (C=O) groups excluding carboxylic acids is 1. The minimum Gasteiger partial charge on any atom is -0.493 e. The van der Waals surface area contributed by atoms with E-state index in [9.17, 15) is 4.79 Å². The molecule has 2 aromatic carbocycles. The molecule has 0 aliphatic rings. The molecule has 0 bridgehead atoms. The van der Waals surface area contributed by atoms with Crippen LogP contribution in [-0.4, -0.2) is 29.8 Å². The molecular weight excluding hydrogens is 322 g/mol. The Hall–Kier alpha value is -3.35. The molecule has 128 valence electrons. The summed E-state index contributed by atoms with van der Waals surface area (Å²) in [5.74, 6) is 1.68. The first-order valence-corrected chi connectivity index (χ1v) is 7.62. The Labute approximate surface area is 144 Å². The lowest BCUT2D eigenvalue weighted by Crippen LogP contribution is -2.20. The first-order chi connectivity index (χ1) is 12.2. The first-order valence-electron chi connectivity index (χ1n) is 7.62. The molecule has 0 atom stereocenters. The monoisotopic (exact) mass is 339 g/mol. The normalized spacial score (nSPS) is 10.3. The van der Waals surface area contributed by atoms with Gasteiger partial charge < -0.3 is 19.2 Å². The highest BCUT2D eigenvalue weighted by Crippen LogP contribution is 2.26. The van der Waals surface area contributed by atoms with Gasteiger partial charge in [0.15, 0.2) is 18.1 Å². The van der Waals surface area contributed by atoms with Gasteiger partial charge >= 0.3 is 0 Å². The molecule has 25 heavy (non-hydrogen) atoms. The van der Waals surface area contributed by atoms with Crippen molar-refractivity contribution >= 4 is 11.6 Å². The third-order valence-corrected chi connectivity index (χ3v) is 3.35. The van der Waals surface area contributed by atoms with E-state index in [1.165, 1.54) is 0 Å². The van der Waals surface area contributed by atoms with E-state index in [2.05, 4.69) is 15.5 Å². The van der Waals surface area contributed by atoms with Gasteiger partial charge in [-0.05, 0) is 30.3 Å². The maximum Gasteiger partial charge on any atom is 0.262 e. The van der Waals surface area contributed by atoms with Crippen LogP contribution in [0.25, 0.3) is 11.5 Å². The minimum atomic E-state index is -0.287. The van der Waals surface area contributed by atoms with Gasteiger partial charge in [0, 0.05) is 18.2 Å². The highest BCUT2D eigenvalue weighted by Gasteiger charge is 2.10. The van der Waals surface area contributed by atoms with Crippen LogP contribution in [-0.2, 0) is 4.79 Å². The molecule has 0 radical (unpaired) electrons. The van der Waals surface area contributed by atoms with Crippen molar-refractivity contribution in [2.24, 2.45) is 0 Å². The average molecular weight is 339 g/mol. The van der Waals surface area contributed by atoms with Crippen LogP contribution in [0.5, 0.6) is 11.5 Å². The Morgan fingerprint density at radius 2 is 1.92 bits per heavy atom. The van der Waals surface area contributed by atoms with Crippen LogP contribution in [0.2, 0.25) is 0 Å². The Morgan fingerprint density at radius 1 is 1.12 bits per heavy atom. The number of rotatable bonds is 6. The van der Waals surface area contributed by atoms with Crippen LogP contribution < -0.4 is 14.8 Å². The third kappa shape index (κ3) is 4.14. The lowest BCUT2D eigenvalue weighted by molar-refractivity contribution is -0.118. The summed E-state index contributed by atoms with van der Waals surface area (Å²) in [6, 6.07) is 14.3. The fraction of sp³-hybridized carbons (Fsp3) is 0.167. The zero-order chi connectivity index (χ0) is 17.6. The molecule has 3 aromatic rings. The lowest BCUT2D eigenvalue weighted by Gasteiger charge is -2.10. The summed E-state index contributed by atoms with van der Waals surface area (Å²) in [5.41, 5.74) is 1.34. The van der Waals surface area contributed by atoms with Crippen molar-refractivity contribution in [1.82, 2.24) is 10.2 Å². The number of aromatic nitrogens is 2. The second-order valence-electron chi connectivity index (χ2n) is 5.19.